The van der Waals surface area contributed by atoms with Gasteiger partial charge in [0.15, 0.2) is 0 Å². The van der Waals surface area contributed by atoms with Gasteiger partial charge < -0.3 is 5.11 Å². The fourth-order valence-corrected chi connectivity index (χ4v) is 1.92. The van der Waals surface area contributed by atoms with Crippen molar-refractivity contribution < 1.29 is 5.11 Å². The lowest BCUT2D eigenvalue weighted by molar-refractivity contribution is 0.0140. The third-order valence-electron chi connectivity index (χ3n) is 3.34. The molecule has 0 bridgehead atoms. The molecule has 1 aliphatic rings. The zero-order valence-electron chi connectivity index (χ0n) is 9.95. The van der Waals surface area contributed by atoms with Crippen molar-refractivity contribution in [3.8, 4) is 0 Å². The van der Waals surface area contributed by atoms with Crippen LogP contribution in [-0.4, -0.2) is 59.8 Å². The molecule has 0 radical (unpaired) electrons. The lowest BCUT2D eigenvalue weighted by atomic mass is 9.99. The van der Waals surface area contributed by atoms with Crippen molar-refractivity contribution in [3.63, 3.8) is 0 Å². The third-order valence-corrected chi connectivity index (χ3v) is 3.34. The van der Waals surface area contributed by atoms with Crippen LogP contribution in [0.5, 0.6) is 0 Å². The van der Waals surface area contributed by atoms with Gasteiger partial charge in [-0.2, -0.15) is 0 Å². The first kappa shape index (κ1) is 12.0. The van der Waals surface area contributed by atoms with Crippen LogP contribution in [-0.2, 0) is 0 Å². The molecular formula is C11H24N2O. The maximum absolute atomic E-state index is 9.59. The van der Waals surface area contributed by atoms with Gasteiger partial charge in [-0.05, 0) is 27.3 Å². The second-order valence-corrected chi connectivity index (χ2v) is 5.03. The topological polar surface area (TPSA) is 26.7 Å². The predicted molar refractivity (Wildman–Crippen MR) is 59.4 cm³/mol. The van der Waals surface area contributed by atoms with Gasteiger partial charge in [0.1, 0.15) is 0 Å². The van der Waals surface area contributed by atoms with Gasteiger partial charge in [-0.1, -0.05) is 6.92 Å². The highest BCUT2D eigenvalue weighted by Gasteiger charge is 2.31. The summed E-state index contributed by atoms with van der Waals surface area (Å²) in [5, 5.41) is 9.59. The highest BCUT2D eigenvalue weighted by Crippen LogP contribution is 2.18. The van der Waals surface area contributed by atoms with E-state index in [1.165, 1.54) is 0 Å². The minimum Gasteiger partial charge on any atom is -0.392 e. The Bertz CT molecular complexity index is 182. The third kappa shape index (κ3) is 2.94. The van der Waals surface area contributed by atoms with Gasteiger partial charge in [0.05, 0.1) is 6.10 Å². The number of aliphatic hydroxyl groups excluding tert-OH is 1. The zero-order chi connectivity index (χ0) is 10.8. The van der Waals surface area contributed by atoms with Crippen LogP contribution >= 0.6 is 0 Å². The molecule has 0 aromatic rings. The van der Waals surface area contributed by atoms with Gasteiger partial charge in [0.2, 0.25) is 0 Å². The van der Waals surface area contributed by atoms with Gasteiger partial charge in [-0.3, -0.25) is 9.80 Å². The molecular weight excluding hydrogens is 176 g/mol. The van der Waals surface area contributed by atoms with E-state index in [4.69, 9.17) is 0 Å². The summed E-state index contributed by atoms with van der Waals surface area (Å²) in [4.78, 5) is 4.76. The molecule has 0 aromatic heterocycles. The molecule has 1 fully saturated rings. The van der Waals surface area contributed by atoms with Crippen LogP contribution < -0.4 is 0 Å². The molecule has 3 nitrogen and oxygen atoms in total. The van der Waals surface area contributed by atoms with Gasteiger partial charge >= 0.3 is 0 Å². The molecule has 14 heavy (non-hydrogen) atoms. The van der Waals surface area contributed by atoms with E-state index < -0.39 is 0 Å². The first-order chi connectivity index (χ1) is 6.45. The van der Waals surface area contributed by atoms with Crippen LogP contribution in [0.25, 0.3) is 0 Å². The largest absolute Gasteiger partial charge is 0.392 e. The summed E-state index contributed by atoms with van der Waals surface area (Å²) in [6, 6.07) is 0. The van der Waals surface area contributed by atoms with Crippen molar-refractivity contribution in [3.05, 3.63) is 0 Å². The predicted octanol–water partition coefficient (Wildman–Crippen LogP) is 0.783. The summed E-state index contributed by atoms with van der Waals surface area (Å²) in [5.74, 6) is 0. The quantitative estimate of drug-likeness (QED) is 0.729. The molecule has 1 aliphatic heterocycles. The van der Waals surface area contributed by atoms with E-state index in [2.05, 4.69) is 30.7 Å². The molecule has 1 heterocycles. The number of hydrogen-bond donors (Lipinski definition) is 1. The van der Waals surface area contributed by atoms with Gasteiger partial charge in [0, 0.05) is 31.7 Å². The van der Waals surface area contributed by atoms with E-state index in [1.807, 2.05) is 6.92 Å². The first-order valence-corrected chi connectivity index (χ1v) is 5.57. The summed E-state index contributed by atoms with van der Waals surface area (Å²) in [6.45, 7) is 10.6. The molecule has 0 saturated carbocycles. The average molecular weight is 200 g/mol. The highest BCUT2D eigenvalue weighted by atomic mass is 16.3. The zero-order valence-corrected chi connectivity index (χ0v) is 9.95. The Kier molecular flexibility index (Phi) is 3.93. The first-order valence-electron chi connectivity index (χ1n) is 5.57. The molecule has 1 rings (SSSR count). The van der Waals surface area contributed by atoms with Gasteiger partial charge in [0.25, 0.3) is 0 Å². The fraction of sp³-hybridized carbons (Fsp3) is 1.00. The van der Waals surface area contributed by atoms with E-state index in [0.29, 0.717) is 0 Å². The fourth-order valence-electron chi connectivity index (χ4n) is 1.92. The van der Waals surface area contributed by atoms with Crippen molar-refractivity contribution >= 4 is 0 Å². The SMILES string of the molecule is CCC(O)CN1CCN(C)C(C)(C)C1. The number of piperazine rings is 1. The average Bonchev–Trinajstić information content (AvgIpc) is 2.11. The van der Waals surface area contributed by atoms with Crippen LogP contribution in [0.1, 0.15) is 27.2 Å². The van der Waals surface area contributed by atoms with Crippen molar-refractivity contribution in [2.45, 2.75) is 38.8 Å². The van der Waals surface area contributed by atoms with E-state index >= 15 is 0 Å². The smallest absolute Gasteiger partial charge is 0.0664 e. The van der Waals surface area contributed by atoms with E-state index in [1.54, 1.807) is 0 Å². The van der Waals surface area contributed by atoms with Gasteiger partial charge in [-0.15, -0.1) is 0 Å². The molecule has 0 spiro atoms. The second-order valence-electron chi connectivity index (χ2n) is 5.03. The Labute approximate surface area is 87.7 Å². The Balaban J connectivity index is 2.43. The summed E-state index contributed by atoms with van der Waals surface area (Å²) in [6.07, 6.45) is 0.696. The van der Waals surface area contributed by atoms with Crippen molar-refractivity contribution in [1.29, 1.82) is 0 Å². The Morgan fingerprint density at radius 2 is 2.00 bits per heavy atom. The minimum atomic E-state index is -0.158. The Morgan fingerprint density at radius 3 is 2.50 bits per heavy atom. The van der Waals surface area contributed by atoms with E-state index in [9.17, 15) is 5.11 Å². The molecule has 3 heteroatoms. The lowest BCUT2D eigenvalue weighted by Crippen LogP contribution is -2.58. The molecule has 1 atom stereocenters. The number of aliphatic hydroxyl groups is 1. The number of nitrogens with zero attached hydrogens (tertiary/aromatic N) is 2. The summed E-state index contributed by atoms with van der Waals surface area (Å²) in [7, 11) is 2.17. The number of hydrogen-bond acceptors (Lipinski definition) is 3. The molecule has 0 aromatic carbocycles. The van der Waals surface area contributed by atoms with Crippen LogP contribution in [0.15, 0.2) is 0 Å². The van der Waals surface area contributed by atoms with Crippen molar-refractivity contribution in [2.75, 3.05) is 33.2 Å². The standard InChI is InChI=1S/C11H24N2O/c1-5-10(14)8-13-7-6-12(4)11(2,3)9-13/h10,14H,5-9H2,1-4H3. The molecule has 0 amide bonds. The van der Waals surface area contributed by atoms with Crippen molar-refractivity contribution in [2.24, 2.45) is 0 Å². The Morgan fingerprint density at radius 1 is 1.36 bits per heavy atom. The van der Waals surface area contributed by atoms with Crippen LogP contribution in [0, 0.1) is 0 Å². The molecule has 1 saturated heterocycles. The summed E-state index contributed by atoms with van der Waals surface area (Å²) < 4.78 is 0. The van der Waals surface area contributed by atoms with Crippen LogP contribution in [0.2, 0.25) is 0 Å². The van der Waals surface area contributed by atoms with Gasteiger partial charge in [-0.25, -0.2) is 0 Å². The summed E-state index contributed by atoms with van der Waals surface area (Å²) in [5.41, 5.74) is 0.242. The minimum absolute atomic E-state index is 0.158. The van der Waals surface area contributed by atoms with Crippen LogP contribution in [0.4, 0.5) is 0 Å². The highest BCUT2D eigenvalue weighted by molar-refractivity contribution is 4.88. The molecule has 84 valence electrons. The lowest BCUT2D eigenvalue weighted by Gasteiger charge is -2.45. The normalized spacial score (nSPS) is 26.4. The van der Waals surface area contributed by atoms with E-state index in [0.717, 1.165) is 32.6 Å². The number of rotatable bonds is 3. The molecule has 0 aliphatic carbocycles. The molecule has 1 N–H and O–H groups in total. The summed E-state index contributed by atoms with van der Waals surface area (Å²) >= 11 is 0. The van der Waals surface area contributed by atoms with Crippen LogP contribution in [0.3, 0.4) is 0 Å². The monoisotopic (exact) mass is 200 g/mol. The van der Waals surface area contributed by atoms with Crippen molar-refractivity contribution in [1.82, 2.24) is 9.80 Å². The maximum Gasteiger partial charge on any atom is 0.0664 e. The Hall–Kier alpha value is -0.120. The van der Waals surface area contributed by atoms with E-state index in [-0.39, 0.29) is 11.6 Å². The number of β-amino-alcohol motifs (C(OH)–C–C–N with tert-alkyl or cyclic N) is 1. The maximum atomic E-state index is 9.59. The number of likely N-dealkylation sites (N-methyl/N-ethyl adjacent to an activating group) is 1. The second kappa shape index (κ2) is 4.60. The molecule has 1 unspecified atom stereocenters.